The van der Waals surface area contributed by atoms with E-state index in [4.69, 9.17) is 16.3 Å². The maximum atomic E-state index is 13.8. The average Bonchev–Trinajstić information content (AvgIpc) is 3.19. The number of Topliss-reactive ketones (excluding diaryl/α,β-unsaturated/α-hetero) is 1. The zero-order chi connectivity index (χ0) is 21.9. The molecule has 1 aliphatic heterocycles. The number of para-hydroxylation sites is 1. The van der Waals surface area contributed by atoms with Gasteiger partial charge in [0.15, 0.2) is 5.76 Å². The number of aryl methyl sites for hydroxylation is 1. The van der Waals surface area contributed by atoms with Gasteiger partial charge in [0.25, 0.3) is 0 Å². The van der Waals surface area contributed by atoms with Crippen molar-refractivity contribution in [2.75, 3.05) is 0 Å². The number of carbonyl (C=O) groups excluding carboxylic acids is 1. The Morgan fingerprint density at radius 1 is 1.10 bits per heavy atom. The molecule has 0 aliphatic carbocycles. The summed E-state index contributed by atoms with van der Waals surface area (Å²) >= 11 is 6.02. The first-order valence-electron chi connectivity index (χ1n) is 9.38. The number of allylic oxidation sites excluding steroid dienone is 1. The fourth-order valence-electron chi connectivity index (χ4n) is 3.97. The molecule has 0 amide bonds. The van der Waals surface area contributed by atoms with E-state index in [1.807, 2.05) is 35.9 Å². The van der Waals surface area contributed by atoms with Crippen molar-refractivity contribution in [3.8, 4) is 28.5 Å². The van der Waals surface area contributed by atoms with E-state index in [-0.39, 0.29) is 33.6 Å². The van der Waals surface area contributed by atoms with Crippen molar-refractivity contribution < 1.29 is 24.1 Å². The largest absolute Gasteiger partial charge is 0.508 e. The van der Waals surface area contributed by atoms with E-state index in [0.717, 1.165) is 22.7 Å². The molecule has 0 saturated heterocycles. The van der Waals surface area contributed by atoms with Crippen LogP contribution in [0.3, 0.4) is 0 Å². The number of halogens is 2. The first-order chi connectivity index (χ1) is 14.8. The van der Waals surface area contributed by atoms with Crippen molar-refractivity contribution >= 4 is 34.4 Å². The molecule has 154 valence electrons. The van der Waals surface area contributed by atoms with Crippen LogP contribution in [0.15, 0.2) is 60.4 Å². The molecule has 0 atom stereocenters. The third-order valence-corrected chi connectivity index (χ3v) is 5.64. The number of carbonyl (C=O) groups is 1. The highest BCUT2D eigenvalue weighted by molar-refractivity contribution is 6.31. The van der Waals surface area contributed by atoms with Crippen molar-refractivity contribution in [2.45, 2.75) is 0 Å². The molecule has 0 bridgehead atoms. The molecule has 0 unspecified atom stereocenters. The van der Waals surface area contributed by atoms with Gasteiger partial charge in [-0.15, -0.1) is 0 Å². The molecule has 7 heteroatoms. The number of phenolic OH excluding ortho intramolecular Hbond substituents is 2. The Hall–Kier alpha value is -3.77. The predicted octanol–water partition coefficient (Wildman–Crippen LogP) is 5.67. The lowest BCUT2D eigenvalue weighted by molar-refractivity contribution is 0.101. The zero-order valence-electron chi connectivity index (χ0n) is 16.2. The van der Waals surface area contributed by atoms with Gasteiger partial charge in [0.1, 0.15) is 28.6 Å². The molecular weight excluding hydrogens is 421 g/mol. The molecule has 3 aromatic carbocycles. The molecule has 5 rings (SSSR count). The van der Waals surface area contributed by atoms with Crippen molar-refractivity contribution in [3.05, 3.63) is 82.3 Å². The summed E-state index contributed by atoms with van der Waals surface area (Å²) in [7, 11) is 1.87. The molecule has 5 nitrogen and oxygen atoms in total. The van der Waals surface area contributed by atoms with Crippen LogP contribution in [0, 0.1) is 5.82 Å². The topological polar surface area (TPSA) is 71.7 Å². The Bertz CT molecular complexity index is 1440. The molecule has 2 N–H and O–H groups in total. The van der Waals surface area contributed by atoms with Crippen LogP contribution in [0.2, 0.25) is 5.02 Å². The second-order valence-corrected chi connectivity index (χ2v) is 7.65. The Kier molecular flexibility index (Phi) is 4.27. The molecule has 0 saturated carbocycles. The Labute approximate surface area is 181 Å². The monoisotopic (exact) mass is 435 g/mol. The summed E-state index contributed by atoms with van der Waals surface area (Å²) in [6.45, 7) is 0. The summed E-state index contributed by atoms with van der Waals surface area (Å²) in [5, 5.41) is 20.6. The van der Waals surface area contributed by atoms with Gasteiger partial charge in [-0.1, -0.05) is 29.8 Å². The minimum absolute atomic E-state index is 0.00158. The van der Waals surface area contributed by atoms with E-state index in [0.29, 0.717) is 11.1 Å². The van der Waals surface area contributed by atoms with Crippen LogP contribution in [-0.2, 0) is 7.05 Å². The number of aromatic nitrogens is 1. The van der Waals surface area contributed by atoms with Gasteiger partial charge in [0, 0.05) is 41.2 Å². The van der Waals surface area contributed by atoms with Crippen molar-refractivity contribution in [1.82, 2.24) is 4.57 Å². The fraction of sp³-hybridized carbons (Fsp3) is 0.0417. The quantitative estimate of drug-likeness (QED) is 0.398. The van der Waals surface area contributed by atoms with E-state index < -0.39 is 11.6 Å². The van der Waals surface area contributed by atoms with Crippen LogP contribution in [0.25, 0.3) is 28.2 Å². The lowest BCUT2D eigenvalue weighted by atomic mass is 10.0. The van der Waals surface area contributed by atoms with Crippen molar-refractivity contribution in [1.29, 1.82) is 0 Å². The third kappa shape index (κ3) is 2.95. The number of ether oxygens (including phenoxy) is 1. The highest BCUT2D eigenvalue weighted by atomic mass is 35.5. The van der Waals surface area contributed by atoms with Crippen LogP contribution in [0.1, 0.15) is 15.9 Å². The van der Waals surface area contributed by atoms with E-state index in [2.05, 4.69) is 0 Å². The lowest BCUT2D eigenvalue weighted by Crippen LogP contribution is -1.99. The molecule has 0 spiro atoms. The summed E-state index contributed by atoms with van der Waals surface area (Å²) in [4.78, 5) is 12.9. The molecule has 2 heterocycles. The highest BCUT2D eigenvalue weighted by Gasteiger charge is 2.32. The zero-order valence-corrected chi connectivity index (χ0v) is 16.9. The Morgan fingerprint density at radius 2 is 1.87 bits per heavy atom. The molecule has 4 aromatic rings. The maximum Gasteiger partial charge on any atom is 0.235 e. The third-order valence-electron chi connectivity index (χ3n) is 5.35. The number of rotatable bonds is 2. The van der Waals surface area contributed by atoms with Crippen LogP contribution >= 0.6 is 11.6 Å². The second-order valence-electron chi connectivity index (χ2n) is 7.25. The Morgan fingerprint density at radius 3 is 2.65 bits per heavy atom. The number of hydrogen-bond acceptors (Lipinski definition) is 4. The van der Waals surface area contributed by atoms with E-state index in [1.54, 1.807) is 12.1 Å². The molecule has 0 fully saturated rings. The molecular formula is C24H15ClFNO4. The second kappa shape index (κ2) is 6.89. The van der Waals surface area contributed by atoms with Gasteiger partial charge in [-0.25, -0.2) is 4.39 Å². The van der Waals surface area contributed by atoms with Gasteiger partial charge in [0.2, 0.25) is 5.78 Å². The number of phenols is 2. The molecule has 1 aromatic heterocycles. The average molecular weight is 436 g/mol. The molecule has 0 radical (unpaired) electrons. The van der Waals surface area contributed by atoms with Gasteiger partial charge in [-0.2, -0.15) is 0 Å². The SMILES string of the molecule is Cn1c(-c2ccc(F)c(Cl)c2)c(/C=C2\Oc3cc(O)cc(O)c3C2=O)c2ccccc21. The number of hydrogen-bond donors (Lipinski definition) is 2. The smallest absolute Gasteiger partial charge is 0.235 e. The van der Waals surface area contributed by atoms with E-state index >= 15 is 0 Å². The molecule has 1 aliphatic rings. The van der Waals surface area contributed by atoms with Gasteiger partial charge < -0.3 is 19.5 Å². The standard InChI is InChI=1S/C24H15ClFNO4/c1-27-18-5-3-2-4-14(18)15(23(27)12-6-7-17(26)16(25)8-12)11-21-24(30)22-19(29)9-13(28)10-20(22)31-21/h2-11,28-29H,1H3/b21-11-. The van der Waals surface area contributed by atoms with Crippen molar-refractivity contribution in [3.63, 3.8) is 0 Å². The van der Waals surface area contributed by atoms with Crippen LogP contribution in [0.4, 0.5) is 4.39 Å². The van der Waals surface area contributed by atoms with Crippen LogP contribution < -0.4 is 4.74 Å². The maximum absolute atomic E-state index is 13.8. The lowest BCUT2D eigenvalue weighted by Gasteiger charge is -2.08. The highest BCUT2D eigenvalue weighted by Crippen LogP contribution is 2.42. The first kappa shape index (κ1) is 19.2. The van der Waals surface area contributed by atoms with Gasteiger partial charge >= 0.3 is 0 Å². The fourth-order valence-corrected chi connectivity index (χ4v) is 4.15. The Balaban J connectivity index is 1.75. The van der Waals surface area contributed by atoms with E-state index in [9.17, 15) is 19.4 Å². The minimum Gasteiger partial charge on any atom is -0.508 e. The number of fused-ring (bicyclic) bond motifs is 2. The molecule has 31 heavy (non-hydrogen) atoms. The minimum atomic E-state index is -0.524. The van der Waals surface area contributed by atoms with E-state index in [1.165, 1.54) is 18.2 Å². The van der Waals surface area contributed by atoms with Gasteiger partial charge in [0.05, 0.1) is 10.7 Å². The summed E-state index contributed by atoms with van der Waals surface area (Å²) in [6.07, 6.45) is 1.59. The normalized spacial score (nSPS) is 14.3. The summed E-state index contributed by atoms with van der Waals surface area (Å²) < 4.78 is 21.4. The summed E-state index contributed by atoms with van der Waals surface area (Å²) in [6, 6.07) is 14.4. The summed E-state index contributed by atoms with van der Waals surface area (Å²) in [5.41, 5.74) is 2.96. The number of ketones is 1. The van der Waals surface area contributed by atoms with Crippen molar-refractivity contribution in [2.24, 2.45) is 7.05 Å². The van der Waals surface area contributed by atoms with Crippen LogP contribution in [0.5, 0.6) is 17.2 Å². The van der Waals surface area contributed by atoms with Gasteiger partial charge in [-0.05, 0) is 30.3 Å². The van der Waals surface area contributed by atoms with Crippen LogP contribution in [-0.4, -0.2) is 20.6 Å². The number of nitrogens with zero attached hydrogens (tertiary/aromatic N) is 1. The predicted molar refractivity (Wildman–Crippen MR) is 116 cm³/mol. The number of benzene rings is 3. The number of aromatic hydroxyl groups is 2. The van der Waals surface area contributed by atoms with Gasteiger partial charge in [-0.3, -0.25) is 4.79 Å². The first-order valence-corrected chi connectivity index (χ1v) is 9.76. The summed E-state index contributed by atoms with van der Waals surface area (Å²) in [5.74, 6) is -1.50.